The number of ether oxygens (including phenoxy) is 1. The summed E-state index contributed by atoms with van der Waals surface area (Å²) < 4.78 is 5.54. The first-order chi connectivity index (χ1) is 11.0. The lowest BCUT2D eigenvalue weighted by Crippen LogP contribution is -2.21. The maximum absolute atomic E-state index is 11.9. The summed E-state index contributed by atoms with van der Waals surface area (Å²) in [6.07, 6.45) is 0. The van der Waals surface area contributed by atoms with Gasteiger partial charge in [0.25, 0.3) is 5.91 Å². The molecule has 0 spiro atoms. The van der Waals surface area contributed by atoms with Gasteiger partial charge < -0.3 is 15.8 Å². The van der Waals surface area contributed by atoms with E-state index in [9.17, 15) is 14.4 Å². The molecule has 7 heteroatoms. The number of esters is 1. The lowest BCUT2D eigenvalue weighted by molar-refractivity contribution is -0.119. The molecule has 0 aliphatic carbocycles. The number of carbonyl (C=O) groups excluding carboxylic acids is 3. The van der Waals surface area contributed by atoms with Crippen LogP contribution in [0.3, 0.4) is 0 Å². The zero-order valence-electron chi connectivity index (χ0n) is 11.9. The highest BCUT2D eigenvalue weighted by Gasteiger charge is 2.13. The number of amides is 2. The van der Waals surface area contributed by atoms with Crippen LogP contribution in [0.4, 0.5) is 5.69 Å². The van der Waals surface area contributed by atoms with Gasteiger partial charge in [-0.2, -0.15) is 0 Å². The van der Waals surface area contributed by atoms with Crippen LogP contribution in [0.2, 0.25) is 0 Å². The van der Waals surface area contributed by atoms with Gasteiger partial charge in [0.15, 0.2) is 6.61 Å². The molecule has 0 bridgehead atoms. The van der Waals surface area contributed by atoms with Crippen molar-refractivity contribution in [3.8, 4) is 0 Å². The molecule has 0 aliphatic rings. The predicted octanol–water partition coefficient (Wildman–Crippen LogP) is 2.34. The molecule has 3 N–H and O–H groups in total. The zero-order chi connectivity index (χ0) is 16.8. The number of carbonyl (C=O) groups is 3. The minimum atomic E-state index is -0.600. The molecule has 0 unspecified atom stereocenters. The highest BCUT2D eigenvalue weighted by Crippen LogP contribution is 2.16. The van der Waals surface area contributed by atoms with Crippen LogP contribution < -0.4 is 11.1 Å². The second-order valence-electron chi connectivity index (χ2n) is 4.55. The summed E-state index contributed by atoms with van der Waals surface area (Å²) in [4.78, 5) is 34.6. The Labute approximate surface area is 140 Å². The zero-order valence-corrected chi connectivity index (χ0v) is 13.5. The highest BCUT2D eigenvalue weighted by molar-refractivity contribution is 9.10. The van der Waals surface area contributed by atoms with Gasteiger partial charge in [0.2, 0.25) is 5.91 Å². The Bertz CT molecular complexity index is 744. The maximum atomic E-state index is 11.9. The number of primary amides is 1. The van der Waals surface area contributed by atoms with Crippen molar-refractivity contribution < 1.29 is 19.1 Å². The van der Waals surface area contributed by atoms with Gasteiger partial charge in [-0.1, -0.05) is 12.1 Å². The van der Waals surface area contributed by atoms with Crippen molar-refractivity contribution in [1.29, 1.82) is 0 Å². The molecule has 0 aliphatic heterocycles. The molecule has 118 valence electrons. The van der Waals surface area contributed by atoms with Crippen LogP contribution in [0.1, 0.15) is 20.7 Å². The van der Waals surface area contributed by atoms with Crippen molar-refractivity contribution in [2.45, 2.75) is 0 Å². The van der Waals surface area contributed by atoms with E-state index in [1.165, 1.54) is 24.3 Å². The van der Waals surface area contributed by atoms with Crippen molar-refractivity contribution in [2.75, 3.05) is 11.9 Å². The van der Waals surface area contributed by atoms with Gasteiger partial charge in [0.05, 0.1) is 5.56 Å². The fourth-order valence-electron chi connectivity index (χ4n) is 1.75. The highest BCUT2D eigenvalue weighted by atomic mass is 79.9. The van der Waals surface area contributed by atoms with Crippen LogP contribution in [-0.2, 0) is 9.53 Å². The van der Waals surface area contributed by atoms with Crippen LogP contribution in [-0.4, -0.2) is 24.4 Å². The molecular weight excluding hydrogens is 364 g/mol. The van der Waals surface area contributed by atoms with E-state index in [-0.39, 0.29) is 0 Å². The number of hydrogen-bond donors (Lipinski definition) is 2. The fraction of sp³-hybridized carbons (Fsp3) is 0.0625. The van der Waals surface area contributed by atoms with E-state index in [2.05, 4.69) is 21.2 Å². The van der Waals surface area contributed by atoms with E-state index >= 15 is 0 Å². The minimum absolute atomic E-state index is 0.336. The van der Waals surface area contributed by atoms with E-state index < -0.39 is 24.4 Å². The van der Waals surface area contributed by atoms with E-state index in [0.29, 0.717) is 21.3 Å². The molecule has 0 saturated heterocycles. The van der Waals surface area contributed by atoms with Gasteiger partial charge in [0.1, 0.15) is 0 Å². The molecule has 0 radical (unpaired) electrons. The van der Waals surface area contributed by atoms with Gasteiger partial charge in [-0.25, -0.2) is 4.79 Å². The summed E-state index contributed by atoms with van der Waals surface area (Å²) in [7, 11) is 0. The van der Waals surface area contributed by atoms with E-state index in [0.717, 1.165) is 0 Å². The number of anilines is 1. The maximum Gasteiger partial charge on any atom is 0.339 e. The summed E-state index contributed by atoms with van der Waals surface area (Å²) >= 11 is 3.24. The summed E-state index contributed by atoms with van der Waals surface area (Å²) in [6.45, 7) is -0.419. The standard InChI is InChI=1S/C16H13BrN2O4/c17-13-4-2-1-3-12(13)16(22)23-9-14(20)19-11-7-5-10(6-8-11)15(18)21/h1-8H,9H2,(H2,18,21)(H,19,20). The van der Waals surface area contributed by atoms with E-state index in [1.54, 1.807) is 24.3 Å². The van der Waals surface area contributed by atoms with Crippen LogP contribution in [0, 0.1) is 0 Å². The number of rotatable bonds is 5. The quantitative estimate of drug-likeness (QED) is 0.782. The molecular formula is C16H13BrN2O4. The number of hydrogen-bond acceptors (Lipinski definition) is 4. The smallest absolute Gasteiger partial charge is 0.339 e. The average Bonchev–Trinajstić information content (AvgIpc) is 2.53. The molecule has 0 fully saturated rings. The normalized spacial score (nSPS) is 9.96. The second-order valence-corrected chi connectivity index (χ2v) is 5.40. The lowest BCUT2D eigenvalue weighted by Gasteiger charge is -2.08. The molecule has 2 aromatic rings. The Kier molecular flexibility index (Phi) is 5.48. The van der Waals surface area contributed by atoms with Crippen molar-refractivity contribution in [3.05, 3.63) is 64.1 Å². The Balaban J connectivity index is 1.89. The molecule has 2 amide bonds. The fourth-order valence-corrected chi connectivity index (χ4v) is 2.20. The Morgan fingerprint density at radius 2 is 1.70 bits per heavy atom. The molecule has 23 heavy (non-hydrogen) atoms. The molecule has 0 heterocycles. The Morgan fingerprint density at radius 3 is 2.30 bits per heavy atom. The number of benzene rings is 2. The lowest BCUT2D eigenvalue weighted by atomic mass is 10.2. The van der Waals surface area contributed by atoms with Gasteiger partial charge >= 0.3 is 5.97 Å². The average molecular weight is 377 g/mol. The topological polar surface area (TPSA) is 98.5 Å². The van der Waals surface area contributed by atoms with Gasteiger partial charge in [-0.3, -0.25) is 9.59 Å². The Hall–Kier alpha value is -2.67. The predicted molar refractivity (Wildman–Crippen MR) is 88.0 cm³/mol. The largest absolute Gasteiger partial charge is 0.452 e. The van der Waals surface area contributed by atoms with Crippen LogP contribution in [0.5, 0.6) is 0 Å². The summed E-state index contributed by atoms with van der Waals surface area (Å²) in [6, 6.07) is 12.8. The van der Waals surface area contributed by atoms with Crippen LogP contribution >= 0.6 is 15.9 Å². The first kappa shape index (κ1) is 16.7. The third kappa shape index (κ3) is 4.65. The van der Waals surface area contributed by atoms with Crippen molar-refractivity contribution >= 4 is 39.4 Å². The van der Waals surface area contributed by atoms with Crippen molar-refractivity contribution in [1.82, 2.24) is 0 Å². The van der Waals surface area contributed by atoms with Gasteiger partial charge in [-0.15, -0.1) is 0 Å². The molecule has 0 saturated carbocycles. The van der Waals surface area contributed by atoms with E-state index in [1.807, 2.05) is 0 Å². The Morgan fingerprint density at radius 1 is 1.04 bits per heavy atom. The van der Waals surface area contributed by atoms with Crippen molar-refractivity contribution in [2.24, 2.45) is 5.73 Å². The van der Waals surface area contributed by atoms with Crippen LogP contribution in [0.15, 0.2) is 53.0 Å². The third-order valence-corrected chi connectivity index (χ3v) is 3.57. The summed E-state index contributed by atoms with van der Waals surface area (Å²) in [5.41, 5.74) is 6.27. The van der Waals surface area contributed by atoms with Gasteiger partial charge in [-0.05, 0) is 52.3 Å². The molecule has 0 aromatic heterocycles. The first-order valence-corrected chi connectivity index (χ1v) is 7.38. The second kappa shape index (κ2) is 7.55. The summed E-state index contributed by atoms with van der Waals surface area (Å²) in [5, 5.41) is 2.55. The first-order valence-electron chi connectivity index (χ1n) is 6.59. The molecule has 2 aromatic carbocycles. The molecule has 0 atom stereocenters. The van der Waals surface area contributed by atoms with Crippen LogP contribution in [0.25, 0.3) is 0 Å². The van der Waals surface area contributed by atoms with Gasteiger partial charge in [0, 0.05) is 15.7 Å². The summed E-state index contributed by atoms with van der Waals surface area (Å²) in [5.74, 6) is -1.64. The molecule has 6 nitrogen and oxygen atoms in total. The number of nitrogens with two attached hydrogens (primary N) is 1. The van der Waals surface area contributed by atoms with Crippen molar-refractivity contribution in [3.63, 3.8) is 0 Å². The number of nitrogens with one attached hydrogen (secondary N) is 1. The van der Waals surface area contributed by atoms with E-state index in [4.69, 9.17) is 10.5 Å². The SMILES string of the molecule is NC(=O)c1ccc(NC(=O)COC(=O)c2ccccc2Br)cc1. The third-order valence-electron chi connectivity index (χ3n) is 2.88. The minimum Gasteiger partial charge on any atom is -0.452 e. The molecule has 2 rings (SSSR count). The number of halogens is 1. The monoisotopic (exact) mass is 376 g/mol.